The summed E-state index contributed by atoms with van der Waals surface area (Å²) >= 11 is 0. The van der Waals surface area contributed by atoms with Gasteiger partial charge in [0.25, 0.3) is 0 Å². The summed E-state index contributed by atoms with van der Waals surface area (Å²) in [5, 5.41) is 13.8. The Kier molecular flexibility index (Phi) is 6.28. The van der Waals surface area contributed by atoms with E-state index in [4.69, 9.17) is 4.52 Å². The van der Waals surface area contributed by atoms with E-state index in [-0.39, 0.29) is 11.7 Å². The van der Waals surface area contributed by atoms with Crippen LogP contribution in [0.5, 0.6) is 0 Å². The van der Waals surface area contributed by atoms with Crippen LogP contribution in [-0.4, -0.2) is 10.9 Å². The second kappa shape index (κ2) is 9.45. The number of ketones is 1. The lowest BCUT2D eigenvalue weighted by atomic mass is 9.92. The molecule has 4 aromatic rings. The van der Waals surface area contributed by atoms with Crippen LogP contribution in [0.25, 0.3) is 22.4 Å². The fourth-order valence-electron chi connectivity index (χ4n) is 3.74. The molecule has 4 heteroatoms. The molecule has 3 aromatic carbocycles. The molecule has 0 spiro atoms. The Labute approximate surface area is 188 Å². The van der Waals surface area contributed by atoms with E-state index in [0.717, 1.165) is 28.0 Å². The summed E-state index contributed by atoms with van der Waals surface area (Å²) in [6.45, 7) is 4.06. The van der Waals surface area contributed by atoms with Crippen molar-refractivity contribution in [1.29, 1.82) is 5.26 Å². The topological polar surface area (TPSA) is 66.9 Å². The van der Waals surface area contributed by atoms with Crippen molar-refractivity contribution in [2.75, 3.05) is 0 Å². The Bertz CT molecular complexity index is 1280. The van der Waals surface area contributed by atoms with Crippen LogP contribution in [0.15, 0.2) is 83.4 Å². The zero-order chi connectivity index (χ0) is 22.5. The van der Waals surface area contributed by atoms with Gasteiger partial charge in [0.05, 0.1) is 11.6 Å². The van der Waals surface area contributed by atoms with Crippen molar-refractivity contribution in [2.24, 2.45) is 5.92 Å². The lowest BCUT2D eigenvalue weighted by Gasteiger charge is -2.11. The van der Waals surface area contributed by atoms with Gasteiger partial charge in [-0.2, -0.15) is 5.26 Å². The summed E-state index contributed by atoms with van der Waals surface area (Å²) in [5.74, 6) is 1.08. The monoisotopic (exact) mass is 420 g/mol. The standard InChI is InChI=1S/C28H24N2O2/c1-19(2)12-28(31)24-15-22(26-11-7-6-10-21(26)18-29)14-23(16-24)27-17-25(32-30-27)13-20-8-4-3-5-9-20/h3-11,14-17,19H,12-13H2,1-2H3. The van der Waals surface area contributed by atoms with Crippen molar-refractivity contribution >= 4 is 5.78 Å². The molecule has 1 heterocycles. The summed E-state index contributed by atoms with van der Waals surface area (Å²) in [6, 6.07) is 27.3. The Hall–Kier alpha value is -3.97. The maximum atomic E-state index is 12.9. The second-order valence-corrected chi connectivity index (χ2v) is 8.32. The number of carbonyl (C=O) groups is 1. The lowest BCUT2D eigenvalue weighted by Crippen LogP contribution is -2.04. The Balaban J connectivity index is 1.76. The molecular formula is C28H24N2O2. The molecule has 0 N–H and O–H groups in total. The Morgan fingerprint density at radius 3 is 2.44 bits per heavy atom. The normalized spacial score (nSPS) is 10.8. The van der Waals surface area contributed by atoms with Crippen molar-refractivity contribution in [2.45, 2.75) is 26.7 Å². The molecule has 4 nitrogen and oxygen atoms in total. The molecule has 0 unspecified atom stereocenters. The fourth-order valence-corrected chi connectivity index (χ4v) is 3.74. The van der Waals surface area contributed by atoms with Gasteiger partial charge in [0.2, 0.25) is 0 Å². The van der Waals surface area contributed by atoms with Crippen LogP contribution in [0.3, 0.4) is 0 Å². The largest absolute Gasteiger partial charge is 0.360 e. The van der Waals surface area contributed by atoms with Gasteiger partial charge < -0.3 is 4.52 Å². The molecule has 0 saturated heterocycles. The van der Waals surface area contributed by atoms with Crippen LogP contribution in [0.1, 0.15) is 47.5 Å². The zero-order valence-electron chi connectivity index (χ0n) is 18.2. The number of nitriles is 1. The van der Waals surface area contributed by atoms with Gasteiger partial charge in [0, 0.05) is 30.0 Å². The minimum absolute atomic E-state index is 0.0746. The van der Waals surface area contributed by atoms with Crippen LogP contribution in [0.4, 0.5) is 0 Å². The highest BCUT2D eigenvalue weighted by atomic mass is 16.5. The van der Waals surface area contributed by atoms with Crippen LogP contribution in [-0.2, 0) is 6.42 Å². The van der Waals surface area contributed by atoms with Crippen LogP contribution in [0.2, 0.25) is 0 Å². The zero-order valence-corrected chi connectivity index (χ0v) is 18.2. The summed E-state index contributed by atoms with van der Waals surface area (Å²) in [7, 11) is 0. The molecular weight excluding hydrogens is 396 g/mol. The maximum absolute atomic E-state index is 12.9. The smallest absolute Gasteiger partial charge is 0.163 e. The molecule has 0 saturated carbocycles. The first kappa shape index (κ1) is 21.3. The third-order valence-electron chi connectivity index (χ3n) is 5.28. The van der Waals surface area contributed by atoms with E-state index in [9.17, 15) is 10.1 Å². The molecule has 0 aliphatic heterocycles. The average Bonchev–Trinajstić information content (AvgIpc) is 3.27. The van der Waals surface area contributed by atoms with Gasteiger partial charge in [-0.15, -0.1) is 0 Å². The van der Waals surface area contributed by atoms with Gasteiger partial charge in [-0.3, -0.25) is 4.79 Å². The first-order valence-corrected chi connectivity index (χ1v) is 10.7. The fraction of sp³-hybridized carbons (Fsp3) is 0.179. The third-order valence-corrected chi connectivity index (χ3v) is 5.28. The van der Waals surface area contributed by atoms with Crippen molar-refractivity contribution in [3.8, 4) is 28.5 Å². The number of rotatable bonds is 7. The molecule has 1 aromatic heterocycles. The minimum atomic E-state index is 0.0746. The number of carbonyl (C=O) groups excluding carboxylic acids is 1. The van der Waals surface area contributed by atoms with E-state index in [1.54, 1.807) is 6.07 Å². The number of hydrogen-bond acceptors (Lipinski definition) is 4. The summed E-state index contributed by atoms with van der Waals surface area (Å²) < 4.78 is 5.59. The van der Waals surface area contributed by atoms with Gasteiger partial charge in [-0.05, 0) is 46.9 Å². The lowest BCUT2D eigenvalue weighted by molar-refractivity contribution is 0.0968. The van der Waals surface area contributed by atoms with E-state index in [0.29, 0.717) is 29.7 Å². The summed E-state index contributed by atoms with van der Waals surface area (Å²) in [6.07, 6.45) is 1.10. The molecule has 0 aliphatic carbocycles. The Morgan fingerprint density at radius 1 is 0.969 bits per heavy atom. The first-order valence-electron chi connectivity index (χ1n) is 10.7. The van der Waals surface area contributed by atoms with Crippen LogP contribution < -0.4 is 0 Å². The molecule has 0 radical (unpaired) electrons. The second-order valence-electron chi connectivity index (χ2n) is 8.32. The maximum Gasteiger partial charge on any atom is 0.163 e. The third kappa shape index (κ3) is 4.84. The molecule has 0 bridgehead atoms. The molecule has 4 rings (SSSR count). The highest BCUT2D eigenvalue weighted by molar-refractivity contribution is 5.99. The molecule has 158 valence electrons. The predicted molar refractivity (Wildman–Crippen MR) is 125 cm³/mol. The Morgan fingerprint density at radius 2 is 1.69 bits per heavy atom. The molecule has 32 heavy (non-hydrogen) atoms. The summed E-state index contributed by atoms with van der Waals surface area (Å²) in [4.78, 5) is 12.9. The van der Waals surface area contributed by atoms with Crippen LogP contribution in [0, 0.1) is 17.2 Å². The SMILES string of the molecule is CC(C)CC(=O)c1cc(-c2cc(Cc3ccccc3)on2)cc(-c2ccccc2C#N)c1. The average molecular weight is 421 g/mol. The first-order chi connectivity index (χ1) is 15.5. The van der Waals surface area contributed by atoms with E-state index in [1.165, 1.54) is 0 Å². The van der Waals surface area contributed by atoms with Gasteiger partial charge >= 0.3 is 0 Å². The van der Waals surface area contributed by atoms with Gasteiger partial charge in [0.1, 0.15) is 11.5 Å². The van der Waals surface area contributed by atoms with Crippen LogP contribution >= 0.6 is 0 Å². The van der Waals surface area contributed by atoms with Crippen molar-refractivity contribution in [1.82, 2.24) is 5.16 Å². The number of hydrogen-bond donors (Lipinski definition) is 0. The van der Waals surface area contributed by atoms with E-state index < -0.39 is 0 Å². The number of aromatic nitrogens is 1. The van der Waals surface area contributed by atoms with Crippen molar-refractivity contribution < 1.29 is 9.32 Å². The van der Waals surface area contributed by atoms with Gasteiger partial charge in [-0.25, -0.2) is 0 Å². The quantitative estimate of drug-likeness (QED) is 0.312. The van der Waals surface area contributed by atoms with E-state index in [1.807, 2.05) is 86.6 Å². The molecule has 0 atom stereocenters. The summed E-state index contributed by atoms with van der Waals surface area (Å²) in [5.41, 5.74) is 5.40. The molecule has 0 aliphatic rings. The van der Waals surface area contributed by atoms with Crippen molar-refractivity contribution in [3.05, 3.63) is 101 Å². The van der Waals surface area contributed by atoms with Gasteiger partial charge in [0.15, 0.2) is 5.78 Å². The number of nitrogens with zero attached hydrogens (tertiary/aromatic N) is 2. The van der Waals surface area contributed by atoms with Crippen molar-refractivity contribution in [3.63, 3.8) is 0 Å². The minimum Gasteiger partial charge on any atom is -0.360 e. The predicted octanol–water partition coefficient (Wildman–Crippen LogP) is 6.70. The highest BCUT2D eigenvalue weighted by Gasteiger charge is 2.16. The number of Topliss-reactive ketones (excluding diaryl/α,β-unsaturated/α-hetero) is 1. The number of benzene rings is 3. The van der Waals surface area contributed by atoms with Gasteiger partial charge in [-0.1, -0.05) is 67.5 Å². The molecule has 0 fully saturated rings. The molecule has 0 amide bonds. The van der Waals surface area contributed by atoms with E-state index >= 15 is 0 Å². The van der Waals surface area contributed by atoms with E-state index in [2.05, 4.69) is 11.2 Å². The highest BCUT2D eigenvalue weighted by Crippen LogP contribution is 2.31.